The van der Waals surface area contributed by atoms with E-state index in [1.54, 1.807) is 0 Å². The summed E-state index contributed by atoms with van der Waals surface area (Å²) < 4.78 is 0. The lowest BCUT2D eigenvalue weighted by Crippen LogP contribution is -2.45. The summed E-state index contributed by atoms with van der Waals surface area (Å²) in [6.45, 7) is 3.46. The Bertz CT molecular complexity index is 288. The molecule has 0 bridgehead atoms. The molecule has 3 unspecified atom stereocenters. The molecule has 0 saturated carbocycles. The number of hydrogen-bond acceptors (Lipinski definition) is 2. The Hall–Kier alpha value is -0.830. The Morgan fingerprint density at radius 2 is 2.31 bits per heavy atom. The van der Waals surface area contributed by atoms with Gasteiger partial charge in [-0.1, -0.05) is 19.1 Å². The predicted molar refractivity (Wildman–Crippen MR) is 62.8 cm³/mol. The van der Waals surface area contributed by atoms with Gasteiger partial charge in [0.25, 0.3) is 0 Å². The highest BCUT2D eigenvalue weighted by molar-refractivity contribution is 5.76. The topological polar surface area (TPSA) is 40.5 Å². The highest BCUT2D eigenvalue weighted by Crippen LogP contribution is 2.23. The fourth-order valence-electron chi connectivity index (χ4n) is 2.58. The Labute approximate surface area is 97.1 Å². The minimum absolute atomic E-state index is 0.219. The molecular formula is C13H21NO2. The summed E-state index contributed by atoms with van der Waals surface area (Å²) in [5, 5.41) is 9.61. The number of piperidine rings is 1. The number of rotatable bonds is 2. The number of aliphatic hydroxyl groups excluding tert-OH is 1. The molecule has 16 heavy (non-hydrogen) atoms. The maximum Gasteiger partial charge on any atom is 0.223 e. The van der Waals surface area contributed by atoms with E-state index in [0.29, 0.717) is 12.3 Å². The van der Waals surface area contributed by atoms with Gasteiger partial charge in [0, 0.05) is 19.5 Å². The Balaban J connectivity index is 1.83. The first-order chi connectivity index (χ1) is 7.66. The second-order valence-corrected chi connectivity index (χ2v) is 5.14. The molecule has 2 aliphatic rings. The van der Waals surface area contributed by atoms with Crippen molar-refractivity contribution in [2.75, 3.05) is 13.1 Å². The van der Waals surface area contributed by atoms with Crippen molar-refractivity contribution in [1.82, 2.24) is 4.90 Å². The molecular weight excluding hydrogens is 202 g/mol. The number of hydrogen-bond donors (Lipinski definition) is 1. The highest BCUT2D eigenvalue weighted by atomic mass is 16.3. The third-order valence-electron chi connectivity index (χ3n) is 3.76. The average Bonchev–Trinajstić information content (AvgIpc) is 2.74. The number of carbonyl (C=O) groups is 1. The van der Waals surface area contributed by atoms with Gasteiger partial charge in [-0.2, -0.15) is 0 Å². The van der Waals surface area contributed by atoms with Crippen LogP contribution in [0.25, 0.3) is 0 Å². The zero-order valence-corrected chi connectivity index (χ0v) is 9.93. The molecule has 1 aliphatic carbocycles. The van der Waals surface area contributed by atoms with Gasteiger partial charge in [-0.25, -0.2) is 0 Å². The smallest absolute Gasteiger partial charge is 0.223 e. The quantitative estimate of drug-likeness (QED) is 0.722. The minimum Gasteiger partial charge on any atom is -0.393 e. The van der Waals surface area contributed by atoms with Gasteiger partial charge >= 0.3 is 0 Å². The van der Waals surface area contributed by atoms with Crippen molar-refractivity contribution in [3.05, 3.63) is 12.2 Å². The lowest BCUT2D eigenvalue weighted by Gasteiger charge is -2.34. The van der Waals surface area contributed by atoms with Gasteiger partial charge < -0.3 is 10.0 Å². The molecule has 1 amide bonds. The molecule has 1 N–H and O–H groups in total. The van der Waals surface area contributed by atoms with Crippen molar-refractivity contribution in [3.8, 4) is 0 Å². The van der Waals surface area contributed by atoms with E-state index in [1.807, 2.05) is 11.8 Å². The van der Waals surface area contributed by atoms with Crippen molar-refractivity contribution in [3.63, 3.8) is 0 Å². The van der Waals surface area contributed by atoms with Crippen LogP contribution in [0.4, 0.5) is 0 Å². The summed E-state index contributed by atoms with van der Waals surface area (Å²) in [4.78, 5) is 13.9. The average molecular weight is 223 g/mol. The summed E-state index contributed by atoms with van der Waals surface area (Å²) >= 11 is 0. The fraction of sp³-hybridized carbons (Fsp3) is 0.769. The van der Waals surface area contributed by atoms with Crippen molar-refractivity contribution in [2.24, 2.45) is 11.8 Å². The summed E-state index contributed by atoms with van der Waals surface area (Å²) in [5.41, 5.74) is 0. The Morgan fingerprint density at radius 1 is 1.50 bits per heavy atom. The second-order valence-electron chi connectivity index (χ2n) is 5.14. The van der Waals surface area contributed by atoms with E-state index in [0.717, 1.165) is 32.4 Å². The monoisotopic (exact) mass is 223 g/mol. The maximum atomic E-state index is 12.0. The van der Waals surface area contributed by atoms with Gasteiger partial charge in [-0.05, 0) is 31.1 Å². The number of amides is 1. The second kappa shape index (κ2) is 5.00. The largest absolute Gasteiger partial charge is 0.393 e. The Morgan fingerprint density at radius 3 is 2.94 bits per heavy atom. The van der Waals surface area contributed by atoms with Crippen LogP contribution in [0.1, 0.15) is 32.6 Å². The van der Waals surface area contributed by atoms with E-state index in [4.69, 9.17) is 0 Å². The van der Waals surface area contributed by atoms with E-state index in [-0.39, 0.29) is 17.9 Å². The third-order valence-corrected chi connectivity index (χ3v) is 3.76. The standard InChI is InChI=1S/C13H21NO2/c1-10-9-14(7-6-12(10)15)13(16)8-11-4-2-3-5-11/h2,4,10-12,15H,3,5-9H2,1H3. The van der Waals surface area contributed by atoms with Gasteiger partial charge in [0.2, 0.25) is 5.91 Å². The van der Waals surface area contributed by atoms with Crippen LogP contribution in [-0.4, -0.2) is 35.1 Å². The predicted octanol–water partition coefficient (Wildman–Crippen LogP) is 1.57. The fourth-order valence-corrected chi connectivity index (χ4v) is 2.58. The molecule has 3 atom stereocenters. The molecule has 0 aromatic rings. The Kier molecular flexibility index (Phi) is 3.64. The highest BCUT2D eigenvalue weighted by Gasteiger charge is 2.28. The van der Waals surface area contributed by atoms with E-state index in [2.05, 4.69) is 12.2 Å². The first-order valence-electron chi connectivity index (χ1n) is 6.29. The van der Waals surface area contributed by atoms with Crippen molar-refractivity contribution in [2.45, 2.75) is 38.7 Å². The molecule has 0 aromatic heterocycles. The van der Waals surface area contributed by atoms with E-state index in [1.165, 1.54) is 0 Å². The van der Waals surface area contributed by atoms with Gasteiger partial charge in [0.1, 0.15) is 0 Å². The van der Waals surface area contributed by atoms with E-state index >= 15 is 0 Å². The van der Waals surface area contributed by atoms with Crippen LogP contribution in [0, 0.1) is 11.8 Å². The number of carbonyl (C=O) groups excluding carboxylic acids is 1. The normalized spacial score (nSPS) is 34.4. The van der Waals surface area contributed by atoms with Crippen LogP contribution in [0.3, 0.4) is 0 Å². The van der Waals surface area contributed by atoms with Crippen LogP contribution in [-0.2, 0) is 4.79 Å². The number of likely N-dealkylation sites (tertiary alicyclic amines) is 1. The zero-order valence-electron chi connectivity index (χ0n) is 9.93. The molecule has 3 heteroatoms. The molecule has 90 valence electrons. The molecule has 2 rings (SSSR count). The van der Waals surface area contributed by atoms with Crippen molar-refractivity contribution < 1.29 is 9.90 Å². The summed E-state index contributed by atoms with van der Waals surface area (Å²) in [6, 6.07) is 0. The molecule has 0 spiro atoms. The first-order valence-corrected chi connectivity index (χ1v) is 6.29. The molecule has 1 aliphatic heterocycles. The number of aliphatic hydroxyl groups is 1. The SMILES string of the molecule is CC1CN(C(=O)CC2C=CCC2)CCC1O. The van der Waals surface area contributed by atoms with E-state index in [9.17, 15) is 9.90 Å². The zero-order chi connectivity index (χ0) is 11.5. The van der Waals surface area contributed by atoms with Gasteiger partial charge in [-0.15, -0.1) is 0 Å². The first kappa shape index (κ1) is 11.6. The molecule has 1 heterocycles. The van der Waals surface area contributed by atoms with E-state index < -0.39 is 0 Å². The molecule has 0 radical (unpaired) electrons. The molecule has 3 nitrogen and oxygen atoms in total. The van der Waals surface area contributed by atoms with Crippen LogP contribution in [0.5, 0.6) is 0 Å². The molecule has 1 fully saturated rings. The van der Waals surface area contributed by atoms with Gasteiger partial charge in [0.15, 0.2) is 0 Å². The summed E-state index contributed by atoms with van der Waals surface area (Å²) in [7, 11) is 0. The summed E-state index contributed by atoms with van der Waals surface area (Å²) in [5.74, 6) is 0.932. The van der Waals surface area contributed by atoms with Gasteiger partial charge in [-0.3, -0.25) is 4.79 Å². The lowest BCUT2D eigenvalue weighted by molar-refractivity contribution is -0.135. The van der Waals surface area contributed by atoms with Crippen LogP contribution in [0.2, 0.25) is 0 Å². The minimum atomic E-state index is -0.226. The van der Waals surface area contributed by atoms with Crippen molar-refractivity contribution in [1.29, 1.82) is 0 Å². The van der Waals surface area contributed by atoms with Crippen molar-refractivity contribution >= 4 is 5.91 Å². The molecule has 1 saturated heterocycles. The van der Waals surface area contributed by atoms with Crippen LogP contribution >= 0.6 is 0 Å². The molecule has 0 aromatic carbocycles. The lowest BCUT2D eigenvalue weighted by atomic mass is 9.95. The number of nitrogens with zero attached hydrogens (tertiary/aromatic N) is 1. The third kappa shape index (κ3) is 2.64. The van der Waals surface area contributed by atoms with Gasteiger partial charge in [0.05, 0.1) is 6.10 Å². The summed E-state index contributed by atoms with van der Waals surface area (Å²) in [6.07, 6.45) is 7.73. The maximum absolute atomic E-state index is 12.0. The van der Waals surface area contributed by atoms with Crippen LogP contribution < -0.4 is 0 Å². The van der Waals surface area contributed by atoms with Crippen LogP contribution in [0.15, 0.2) is 12.2 Å². The number of allylic oxidation sites excluding steroid dienone is 2.